The van der Waals surface area contributed by atoms with E-state index in [4.69, 9.17) is 0 Å². The Bertz CT molecular complexity index is 277. The van der Waals surface area contributed by atoms with E-state index in [0.717, 1.165) is 11.5 Å². The summed E-state index contributed by atoms with van der Waals surface area (Å²) < 4.78 is 0. The molecule has 0 saturated heterocycles. The molecule has 2 aliphatic rings. The summed E-state index contributed by atoms with van der Waals surface area (Å²) >= 11 is 0. The van der Waals surface area contributed by atoms with Gasteiger partial charge in [0.05, 0.1) is 0 Å². The van der Waals surface area contributed by atoms with Crippen LogP contribution in [0.15, 0.2) is 21.9 Å². The summed E-state index contributed by atoms with van der Waals surface area (Å²) in [5.74, 6) is 1.29. The molecule has 0 fully saturated rings. The molecule has 0 saturated carbocycles. The van der Waals surface area contributed by atoms with E-state index in [1.807, 2.05) is 19.9 Å². The summed E-state index contributed by atoms with van der Waals surface area (Å²) in [7, 11) is 0. The molecule has 0 aromatic carbocycles. The van der Waals surface area contributed by atoms with Crippen LogP contribution in [-0.2, 0) is 0 Å². The zero-order valence-electron chi connectivity index (χ0n) is 9.07. The van der Waals surface area contributed by atoms with Gasteiger partial charge in [0.15, 0.2) is 5.84 Å². The second-order valence-electron chi connectivity index (χ2n) is 3.03. The van der Waals surface area contributed by atoms with Crippen molar-refractivity contribution >= 4 is 12.2 Å². The maximum Gasteiger partial charge on any atom is 0.173 e. The third kappa shape index (κ3) is 2.11. The van der Waals surface area contributed by atoms with E-state index in [0.29, 0.717) is 5.92 Å². The first kappa shape index (κ1) is 10.7. The molecule has 5 heteroatoms. The summed E-state index contributed by atoms with van der Waals surface area (Å²) in [6.45, 7) is 8.21. The molecule has 14 heavy (non-hydrogen) atoms. The van der Waals surface area contributed by atoms with Crippen molar-refractivity contribution < 1.29 is 0 Å². The van der Waals surface area contributed by atoms with Gasteiger partial charge in [0, 0.05) is 11.8 Å². The molecule has 0 aliphatic carbocycles. The van der Waals surface area contributed by atoms with E-state index in [9.17, 15) is 0 Å². The van der Waals surface area contributed by atoms with Crippen LogP contribution in [-0.4, -0.2) is 17.2 Å². The van der Waals surface area contributed by atoms with Gasteiger partial charge < -0.3 is 0 Å². The highest BCUT2D eigenvalue weighted by Gasteiger charge is 2.18. The van der Waals surface area contributed by atoms with E-state index in [1.54, 1.807) is 11.3 Å². The minimum atomic E-state index is 0.437. The second kappa shape index (κ2) is 4.76. The number of aliphatic imine (C=N–C) groups is 1. The summed E-state index contributed by atoms with van der Waals surface area (Å²) in [5, 5.41) is 5.73. The Hall–Kier alpha value is -1.36. The first-order valence-electron chi connectivity index (χ1n) is 4.91. The van der Waals surface area contributed by atoms with Crippen LogP contribution >= 0.6 is 0 Å². The minimum Gasteiger partial charge on any atom is -0.241 e. The van der Waals surface area contributed by atoms with E-state index in [2.05, 4.69) is 35.0 Å². The van der Waals surface area contributed by atoms with E-state index in [1.165, 1.54) is 0 Å². The Balaban J connectivity index is 0.000000461. The molecule has 2 heterocycles. The molecular formula is C9H17N5. The first-order valence-corrected chi connectivity index (χ1v) is 4.91. The molecule has 2 N–H and O–H groups in total. The fourth-order valence-electron chi connectivity index (χ4n) is 1.05. The number of nitrogens with one attached hydrogen (secondary N) is 2. The topological polar surface area (TPSA) is 52.0 Å². The van der Waals surface area contributed by atoms with Crippen molar-refractivity contribution in [2.75, 3.05) is 0 Å². The van der Waals surface area contributed by atoms with Gasteiger partial charge in [-0.3, -0.25) is 0 Å². The van der Waals surface area contributed by atoms with Crippen LogP contribution in [0.5, 0.6) is 0 Å². The van der Waals surface area contributed by atoms with Gasteiger partial charge in [-0.1, -0.05) is 27.7 Å². The number of amidine groups is 1. The monoisotopic (exact) mass is 195 g/mol. The average Bonchev–Trinajstić information content (AvgIpc) is 2.67. The lowest BCUT2D eigenvalue weighted by atomic mass is 10.1. The molecule has 0 radical (unpaired) electrons. The van der Waals surface area contributed by atoms with Crippen LogP contribution < -0.4 is 11.1 Å². The molecule has 0 aromatic rings. The van der Waals surface area contributed by atoms with Gasteiger partial charge in [-0.25, -0.2) is 15.5 Å². The summed E-state index contributed by atoms with van der Waals surface area (Å²) in [6, 6.07) is 0. The van der Waals surface area contributed by atoms with E-state index in [-0.39, 0.29) is 0 Å². The van der Waals surface area contributed by atoms with Gasteiger partial charge in [0.1, 0.15) is 6.34 Å². The quantitative estimate of drug-likeness (QED) is 0.661. The maximum absolute atomic E-state index is 4.25. The Labute approximate surface area is 84.5 Å². The highest BCUT2D eigenvalue weighted by atomic mass is 15.8. The SMILES string of the molecule is CC.CC(C)C1=CC2=NNNN2C=N1. The van der Waals surface area contributed by atoms with Crippen molar-refractivity contribution in [1.29, 1.82) is 0 Å². The maximum atomic E-state index is 4.25. The van der Waals surface area contributed by atoms with Gasteiger partial charge in [-0.15, -0.1) is 10.6 Å². The number of hydrazone groups is 1. The van der Waals surface area contributed by atoms with Crippen LogP contribution in [0.3, 0.4) is 0 Å². The van der Waals surface area contributed by atoms with Crippen molar-refractivity contribution in [1.82, 2.24) is 16.1 Å². The fourth-order valence-corrected chi connectivity index (χ4v) is 1.05. The summed E-state index contributed by atoms with van der Waals surface area (Å²) in [6.07, 6.45) is 3.67. The number of hydrogen-bond donors (Lipinski definition) is 2. The number of allylic oxidation sites excluding steroid dienone is 1. The third-order valence-electron chi connectivity index (χ3n) is 1.78. The second-order valence-corrected chi connectivity index (χ2v) is 3.03. The molecule has 5 nitrogen and oxygen atoms in total. The van der Waals surface area contributed by atoms with Crippen LogP contribution in [0, 0.1) is 5.92 Å². The van der Waals surface area contributed by atoms with Crippen molar-refractivity contribution in [3.63, 3.8) is 0 Å². The Kier molecular flexibility index (Phi) is 3.64. The van der Waals surface area contributed by atoms with Gasteiger partial charge in [0.2, 0.25) is 0 Å². The van der Waals surface area contributed by atoms with Gasteiger partial charge in [-0.05, 0) is 5.92 Å². The molecule has 2 aliphatic heterocycles. The van der Waals surface area contributed by atoms with Crippen LogP contribution in [0.25, 0.3) is 0 Å². The van der Waals surface area contributed by atoms with Crippen molar-refractivity contribution in [2.24, 2.45) is 16.0 Å². The van der Waals surface area contributed by atoms with Crippen molar-refractivity contribution in [3.05, 3.63) is 11.8 Å². The highest BCUT2D eigenvalue weighted by molar-refractivity contribution is 6.02. The van der Waals surface area contributed by atoms with E-state index < -0.39 is 0 Å². The molecule has 78 valence electrons. The average molecular weight is 195 g/mol. The van der Waals surface area contributed by atoms with Crippen molar-refractivity contribution in [2.45, 2.75) is 27.7 Å². The number of hydrazine groups is 2. The van der Waals surface area contributed by atoms with E-state index >= 15 is 0 Å². The third-order valence-corrected chi connectivity index (χ3v) is 1.78. The van der Waals surface area contributed by atoms with Crippen LogP contribution in [0.1, 0.15) is 27.7 Å². The smallest absolute Gasteiger partial charge is 0.173 e. The number of fused-ring (bicyclic) bond motifs is 1. The number of rotatable bonds is 1. The number of hydrogen-bond acceptors (Lipinski definition) is 5. The molecule has 0 spiro atoms. The molecule has 0 unspecified atom stereocenters. The highest BCUT2D eigenvalue weighted by Crippen LogP contribution is 2.14. The summed E-state index contributed by atoms with van der Waals surface area (Å²) in [5.41, 5.74) is 6.51. The van der Waals surface area contributed by atoms with Crippen LogP contribution in [0.4, 0.5) is 0 Å². The molecule has 2 rings (SSSR count). The fraction of sp³-hybridized carbons (Fsp3) is 0.556. The Morgan fingerprint density at radius 3 is 2.71 bits per heavy atom. The molecule has 0 atom stereocenters. The first-order chi connectivity index (χ1) is 6.77. The normalized spacial score (nSPS) is 17.9. The standard InChI is InChI=1S/C7H11N5.C2H6/c1-5(2)6-3-7-9-10-11-12(7)4-8-6;1-2/h3-5,10-11H,1-2H3;1-2H3. The zero-order valence-corrected chi connectivity index (χ0v) is 9.07. The Morgan fingerprint density at radius 2 is 2.07 bits per heavy atom. The Morgan fingerprint density at radius 1 is 1.36 bits per heavy atom. The molecule has 0 aromatic heterocycles. The lowest BCUT2D eigenvalue weighted by Crippen LogP contribution is -2.40. The lowest BCUT2D eigenvalue weighted by Gasteiger charge is -2.17. The van der Waals surface area contributed by atoms with Gasteiger partial charge >= 0.3 is 0 Å². The number of nitrogens with zero attached hydrogens (tertiary/aromatic N) is 3. The van der Waals surface area contributed by atoms with Crippen molar-refractivity contribution in [3.8, 4) is 0 Å². The largest absolute Gasteiger partial charge is 0.241 e. The predicted molar refractivity (Wildman–Crippen MR) is 58.3 cm³/mol. The summed E-state index contributed by atoms with van der Waals surface area (Å²) in [4.78, 5) is 4.25. The lowest BCUT2D eigenvalue weighted by molar-refractivity contribution is 0.421. The zero-order chi connectivity index (χ0) is 10.6. The molecule has 0 bridgehead atoms. The minimum absolute atomic E-state index is 0.437. The predicted octanol–water partition coefficient (Wildman–Crippen LogP) is 1.23. The van der Waals surface area contributed by atoms with Crippen LogP contribution in [0.2, 0.25) is 0 Å². The molecular weight excluding hydrogens is 178 g/mol. The van der Waals surface area contributed by atoms with Gasteiger partial charge in [-0.2, -0.15) is 0 Å². The molecule has 0 amide bonds. The van der Waals surface area contributed by atoms with Gasteiger partial charge in [0.25, 0.3) is 0 Å².